The lowest BCUT2D eigenvalue weighted by Gasteiger charge is -1.93. The molecule has 0 aliphatic heterocycles. The minimum atomic E-state index is -0.123. The summed E-state index contributed by atoms with van der Waals surface area (Å²) in [6.45, 7) is 6.46. The molecule has 1 N–H and O–H groups in total. The van der Waals surface area contributed by atoms with Crippen LogP contribution >= 0.6 is 0 Å². The maximum absolute atomic E-state index is 10.2. The third kappa shape index (κ3) is 16.2. The van der Waals surface area contributed by atoms with E-state index < -0.39 is 0 Å². The van der Waals surface area contributed by atoms with Gasteiger partial charge >= 0.3 is 5.97 Å². The maximum Gasteiger partial charge on any atom is 0.305 e. The second-order valence-electron chi connectivity index (χ2n) is 2.24. The van der Waals surface area contributed by atoms with E-state index in [2.05, 4.69) is 11.7 Å². The van der Waals surface area contributed by atoms with Gasteiger partial charge in [-0.1, -0.05) is 20.3 Å². The Morgan fingerprint density at radius 1 is 1.33 bits per heavy atom. The molecule has 0 unspecified atom stereocenters. The fraction of sp³-hybridized carbons (Fsp3) is 0.889. The molecule has 0 radical (unpaired) electrons. The second kappa shape index (κ2) is 13.1. The predicted octanol–water partition coefficient (Wildman–Crippen LogP) is 1.74. The smallest absolute Gasteiger partial charge is 0.305 e. The van der Waals surface area contributed by atoms with E-state index in [1.807, 2.05) is 0 Å². The van der Waals surface area contributed by atoms with E-state index in [4.69, 9.17) is 5.11 Å². The number of ether oxygens (including phenoxy) is 1. The molecule has 0 heterocycles. The van der Waals surface area contributed by atoms with Crippen LogP contribution in [0.25, 0.3) is 0 Å². The van der Waals surface area contributed by atoms with Crippen LogP contribution in [0, 0.1) is 0 Å². The van der Waals surface area contributed by atoms with Crippen molar-refractivity contribution in [2.75, 3.05) is 13.2 Å². The number of unbranched alkanes of at least 4 members (excludes halogenated alkanes) is 1. The lowest BCUT2D eigenvalue weighted by Crippen LogP contribution is -2.00. The first-order valence-corrected chi connectivity index (χ1v) is 4.49. The van der Waals surface area contributed by atoms with Crippen molar-refractivity contribution in [1.82, 2.24) is 0 Å². The van der Waals surface area contributed by atoms with E-state index in [0.717, 1.165) is 12.8 Å². The lowest BCUT2D eigenvalue weighted by molar-refractivity contribution is -0.142. The van der Waals surface area contributed by atoms with Crippen molar-refractivity contribution in [3.05, 3.63) is 0 Å². The van der Waals surface area contributed by atoms with Crippen molar-refractivity contribution in [2.45, 2.75) is 40.0 Å². The van der Waals surface area contributed by atoms with E-state index in [9.17, 15) is 4.79 Å². The molecule has 0 fully saturated rings. The average molecular weight is 176 g/mol. The van der Waals surface area contributed by atoms with Crippen LogP contribution in [0.3, 0.4) is 0 Å². The molecule has 74 valence electrons. The van der Waals surface area contributed by atoms with E-state index in [1.165, 1.54) is 0 Å². The highest BCUT2D eigenvalue weighted by molar-refractivity contribution is 5.68. The first-order valence-electron chi connectivity index (χ1n) is 4.49. The third-order valence-electron chi connectivity index (χ3n) is 1.11. The zero-order valence-electron chi connectivity index (χ0n) is 8.30. The Labute approximate surface area is 74.7 Å². The molecule has 0 aliphatic rings. The Morgan fingerprint density at radius 3 is 2.00 bits per heavy atom. The van der Waals surface area contributed by atoms with E-state index in [-0.39, 0.29) is 5.97 Å². The molecule has 0 rings (SSSR count). The second-order valence-corrected chi connectivity index (χ2v) is 2.24. The van der Waals surface area contributed by atoms with Crippen LogP contribution in [0.5, 0.6) is 0 Å². The largest absolute Gasteiger partial charge is 0.466 e. The number of hydrogen-bond donors (Lipinski definition) is 1. The summed E-state index contributed by atoms with van der Waals surface area (Å²) in [5, 5.41) is 8.07. The molecule has 0 aliphatic carbocycles. The highest BCUT2D eigenvalue weighted by atomic mass is 16.5. The monoisotopic (exact) mass is 176 g/mol. The number of hydrogen-bond acceptors (Lipinski definition) is 3. The van der Waals surface area contributed by atoms with Crippen molar-refractivity contribution in [2.24, 2.45) is 0 Å². The SMILES string of the molecule is CCCCO.CCOC(=O)CC. The first kappa shape index (κ1) is 14.0. The Morgan fingerprint density at radius 2 is 1.92 bits per heavy atom. The van der Waals surface area contributed by atoms with Crippen LogP contribution in [-0.2, 0) is 9.53 Å². The van der Waals surface area contributed by atoms with Gasteiger partial charge < -0.3 is 9.84 Å². The first-order chi connectivity index (χ1) is 5.72. The zero-order valence-corrected chi connectivity index (χ0v) is 8.30. The topological polar surface area (TPSA) is 46.5 Å². The van der Waals surface area contributed by atoms with Gasteiger partial charge in [0, 0.05) is 13.0 Å². The van der Waals surface area contributed by atoms with Gasteiger partial charge in [-0.15, -0.1) is 0 Å². The van der Waals surface area contributed by atoms with Crippen molar-refractivity contribution >= 4 is 5.97 Å². The van der Waals surface area contributed by atoms with Gasteiger partial charge in [0.2, 0.25) is 0 Å². The van der Waals surface area contributed by atoms with Crippen LogP contribution in [0.1, 0.15) is 40.0 Å². The van der Waals surface area contributed by atoms with Crippen molar-refractivity contribution < 1.29 is 14.6 Å². The lowest BCUT2D eigenvalue weighted by atomic mass is 10.4. The minimum absolute atomic E-state index is 0.123. The summed E-state index contributed by atoms with van der Waals surface area (Å²) in [4.78, 5) is 10.2. The van der Waals surface area contributed by atoms with Crippen LogP contribution in [0.4, 0.5) is 0 Å². The van der Waals surface area contributed by atoms with Gasteiger partial charge in [0.25, 0.3) is 0 Å². The van der Waals surface area contributed by atoms with Gasteiger partial charge in [0.15, 0.2) is 0 Å². The summed E-state index contributed by atoms with van der Waals surface area (Å²) >= 11 is 0. The molecule has 0 aromatic carbocycles. The van der Waals surface area contributed by atoms with Crippen LogP contribution in [-0.4, -0.2) is 24.3 Å². The number of aliphatic hydroxyl groups is 1. The molecule has 3 nitrogen and oxygen atoms in total. The predicted molar refractivity (Wildman–Crippen MR) is 48.9 cm³/mol. The Bertz CT molecular complexity index is 89.8. The third-order valence-corrected chi connectivity index (χ3v) is 1.11. The molecule has 3 heteroatoms. The number of rotatable bonds is 4. The van der Waals surface area contributed by atoms with Gasteiger partial charge in [-0.25, -0.2) is 0 Å². The van der Waals surface area contributed by atoms with Crippen LogP contribution in [0.2, 0.25) is 0 Å². The molecule has 12 heavy (non-hydrogen) atoms. The molecule has 0 saturated heterocycles. The average Bonchev–Trinajstić information content (AvgIpc) is 2.07. The number of esters is 1. The summed E-state index contributed by atoms with van der Waals surface area (Å²) in [5.74, 6) is -0.123. The maximum atomic E-state index is 10.2. The van der Waals surface area contributed by atoms with Crippen molar-refractivity contribution in [1.29, 1.82) is 0 Å². The molecule has 0 bridgehead atoms. The van der Waals surface area contributed by atoms with Gasteiger partial charge in [-0.3, -0.25) is 4.79 Å². The molecule has 0 atom stereocenters. The van der Waals surface area contributed by atoms with Crippen LogP contribution < -0.4 is 0 Å². The summed E-state index contributed by atoms with van der Waals surface area (Å²) in [6.07, 6.45) is 2.52. The summed E-state index contributed by atoms with van der Waals surface area (Å²) in [6, 6.07) is 0. The fourth-order valence-electron chi connectivity index (χ4n) is 0.421. The molecule has 0 amide bonds. The van der Waals surface area contributed by atoms with E-state index in [0.29, 0.717) is 19.6 Å². The molecule has 0 aromatic heterocycles. The Hall–Kier alpha value is -0.570. The molecular formula is C9H20O3. The van der Waals surface area contributed by atoms with Gasteiger partial charge in [0.05, 0.1) is 6.61 Å². The van der Waals surface area contributed by atoms with E-state index >= 15 is 0 Å². The number of carbonyl (C=O) groups excluding carboxylic acids is 1. The summed E-state index contributed by atoms with van der Waals surface area (Å²) < 4.78 is 4.55. The van der Waals surface area contributed by atoms with Crippen molar-refractivity contribution in [3.8, 4) is 0 Å². The van der Waals surface area contributed by atoms with Crippen LogP contribution in [0.15, 0.2) is 0 Å². The quantitative estimate of drug-likeness (QED) is 0.664. The standard InChI is InChI=1S/C5H10O2.C4H10O/c1-3-5(6)7-4-2;1-2-3-4-5/h3-4H2,1-2H3;5H,2-4H2,1H3. The zero-order chi connectivity index (χ0) is 9.82. The molecule has 0 spiro atoms. The van der Waals surface area contributed by atoms with Gasteiger partial charge in [0.1, 0.15) is 0 Å². The Kier molecular flexibility index (Phi) is 15.2. The van der Waals surface area contributed by atoms with Gasteiger partial charge in [-0.2, -0.15) is 0 Å². The van der Waals surface area contributed by atoms with Crippen molar-refractivity contribution in [3.63, 3.8) is 0 Å². The molecule has 0 saturated carbocycles. The summed E-state index contributed by atoms with van der Waals surface area (Å²) in [5.41, 5.74) is 0. The highest BCUT2D eigenvalue weighted by Crippen LogP contribution is 1.80. The number of aliphatic hydroxyl groups excluding tert-OH is 1. The minimum Gasteiger partial charge on any atom is -0.466 e. The number of carbonyl (C=O) groups is 1. The highest BCUT2D eigenvalue weighted by Gasteiger charge is 1.91. The summed E-state index contributed by atoms with van der Waals surface area (Å²) in [7, 11) is 0. The molecular weight excluding hydrogens is 156 g/mol. The van der Waals surface area contributed by atoms with E-state index in [1.54, 1.807) is 13.8 Å². The normalized spacial score (nSPS) is 8.33. The fourth-order valence-corrected chi connectivity index (χ4v) is 0.421. The molecule has 0 aromatic rings. The Balaban J connectivity index is 0. The van der Waals surface area contributed by atoms with Gasteiger partial charge in [-0.05, 0) is 13.3 Å².